The van der Waals surface area contributed by atoms with Crippen molar-refractivity contribution in [3.8, 4) is 0 Å². The van der Waals surface area contributed by atoms with Crippen LogP contribution in [0.4, 0.5) is 0 Å². The Hall–Kier alpha value is -2.42. The lowest BCUT2D eigenvalue weighted by Gasteiger charge is -2.17. The van der Waals surface area contributed by atoms with E-state index >= 15 is 0 Å². The maximum atomic E-state index is 12.7. The van der Waals surface area contributed by atoms with Crippen LogP contribution in [0.1, 0.15) is 37.3 Å². The molecular weight excluding hydrogens is 274 g/mol. The predicted octanol–water partition coefficient (Wildman–Crippen LogP) is 3.30. The molecule has 3 heteroatoms. The fourth-order valence-corrected chi connectivity index (χ4v) is 2.49. The van der Waals surface area contributed by atoms with Crippen LogP contribution in [0.5, 0.6) is 0 Å². The molecule has 3 nitrogen and oxygen atoms in total. The molecule has 22 heavy (non-hydrogen) atoms. The van der Waals surface area contributed by atoms with E-state index in [9.17, 15) is 9.59 Å². The Labute approximate surface area is 131 Å². The summed E-state index contributed by atoms with van der Waals surface area (Å²) < 4.78 is 0. The molecule has 0 aromatic heterocycles. The number of carbonyl (C=O) groups is 2. The summed E-state index contributed by atoms with van der Waals surface area (Å²) in [6.45, 7) is 3.77. The van der Waals surface area contributed by atoms with Crippen LogP contribution in [0.3, 0.4) is 0 Å². The second-order valence-electron chi connectivity index (χ2n) is 5.62. The Morgan fingerprint density at radius 1 is 0.864 bits per heavy atom. The fraction of sp³-hybridized carbons (Fsp3) is 0.263. The Morgan fingerprint density at radius 2 is 1.32 bits per heavy atom. The predicted molar refractivity (Wildman–Crippen MR) is 87.6 cm³/mol. The largest absolute Gasteiger partial charge is 0.354 e. The van der Waals surface area contributed by atoms with Gasteiger partial charge in [0.25, 0.3) is 0 Å². The zero-order valence-electron chi connectivity index (χ0n) is 13.0. The van der Waals surface area contributed by atoms with Crippen LogP contribution in [-0.2, 0) is 9.59 Å². The maximum absolute atomic E-state index is 12.7. The van der Waals surface area contributed by atoms with E-state index in [0.29, 0.717) is 0 Å². The van der Waals surface area contributed by atoms with Crippen LogP contribution in [0.25, 0.3) is 0 Å². The molecule has 0 saturated carbocycles. The molecule has 2 aromatic rings. The minimum Gasteiger partial charge on any atom is -0.354 e. The quantitative estimate of drug-likeness (QED) is 0.831. The van der Waals surface area contributed by atoms with Crippen molar-refractivity contribution in [3.63, 3.8) is 0 Å². The minimum absolute atomic E-state index is 0.0344. The van der Waals surface area contributed by atoms with Gasteiger partial charge in [0, 0.05) is 6.04 Å². The zero-order chi connectivity index (χ0) is 15.9. The third kappa shape index (κ3) is 4.29. The minimum atomic E-state index is -0.402. The molecule has 0 fully saturated rings. The van der Waals surface area contributed by atoms with Gasteiger partial charge in [0.05, 0.1) is 12.3 Å². The standard InChI is InChI=1S/C19H21NO2/c1-14(2)20-18(22)13-17(21)19(15-9-5-3-6-10-15)16-11-7-4-8-12-16/h3-12,14,19H,13H2,1-2H3,(H,20,22). The van der Waals surface area contributed by atoms with Gasteiger partial charge in [-0.1, -0.05) is 60.7 Å². The first-order valence-corrected chi connectivity index (χ1v) is 7.50. The summed E-state index contributed by atoms with van der Waals surface area (Å²) >= 11 is 0. The number of benzene rings is 2. The molecule has 114 valence electrons. The van der Waals surface area contributed by atoms with Crippen molar-refractivity contribution >= 4 is 11.7 Å². The zero-order valence-corrected chi connectivity index (χ0v) is 13.0. The molecular formula is C19H21NO2. The van der Waals surface area contributed by atoms with E-state index in [0.717, 1.165) is 11.1 Å². The molecule has 0 spiro atoms. The molecule has 1 amide bonds. The van der Waals surface area contributed by atoms with Gasteiger partial charge in [-0.2, -0.15) is 0 Å². The van der Waals surface area contributed by atoms with E-state index in [4.69, 9.17) is 0 Å². The first-order valence-electron chi connectivity index (χ1n) is 7.50. The summed E-state index contributed by atoms with van der Waals surface area (Å²) in [7, 11) is 0. The van der Waals surface area contributed by atoms with Gasteiger partial charge < -0.3 is 5.32 Å². The van der Waals surface area contributed by atoms with Crippen molar-refractivity contribution in [1.82, 2.24) is 5.32 Å². The number of Topliss-reactive ketones (excluding diaryl/α,β-unsaturated/α-hetero) is 1. The number of carbonyl (C=O) groups excluding carboxylic acids is 2. The third-order valence-corrected chi connectivity index (χ3v) is 3.37. The van der Waals surface area contributed by atoms with Gasteiger partial charge in [0.1, 0.15) is 0 Å². The van der Waals surface area contributed by atoms with Gasteiger partial charge in [-0.3, -0.25) is 9.59 Å². The van der Waals surface area contributed by atoms with Crippen LogP contribution in [0.15, 0.2) is 60.7 Å². The normalized spacial score (nSPS) is 10.7. The highest BCUT2D eigenvalue weighted by Crippen LogP contribution is 2.26. The fourth-order valence-electron chi connectivity index (χ4n) is 2.49. The number of ketones is 1. The van der Waals surface area contributed by atoms with Crippen LogP contribution < -0.4 is 5.32 Å². The first-order chi connectivity index (χ1) is 10.6. The molecule has 0 saturated heterocycles. The van der Waals surface area contributed by atoms with Gasteiger partial charge >= 0.3 is 0 Å². The SMILES string of the molecule is CC(C)NC(=O)CC(=O)C(c1ccccc1)c1ccccc1. The summed E-state index contributed by atoms with van der Waals surface area (Å²) in [5.74, 6) is -0.715. The van der Waals surface area contributed by atoms with Crippen molar-refractivity contribution in [1.29, 1.82) is 0 Å². The van der Waals surface area contributed by atoms with Crippen LogP contribution >= 0.6 is 0 Å². The van der Waals surface area contributed by atoms with Crippen LogP contribution in [0.2, 0.25) is 0 Å². The molecule has 0 aliphatic carbocycles. The lowest BCUT2D eigenvalue weighted by molar-refractivity contribution is -0.128. The van der Waals surface area contributed by atoms with Crippen molar-refractivity contribution in [2.45, 2.75) is 32.2 Å². The topological polar surface area (TPSA) is 46.2 Å². The summed E-state index contributed by atoms with van der Waals surface area (Å²) in [6, 6.07) is 19.2. The summed E-state index contributed by atoms with van der Waals surface area (Å²) in [5, 5.41) is 2.77. The van der Waals surface area contributed by atoms with E-state index in [1.54, 1.807) is 0 Å². The smallest absolute Gasteiger partial charge is 0.227 e. The lowest BCUT2D eigenvalue weighted by Crippen LogP contribution is -2.32. The molecule has 0 atom stereocenters. The van der Waals surface area contributed by atoms with Crippen LogP contribution in [-0.4, -0.2) is 17.7 Å². The molecule has 0 aliphatic heterocycles. The molecule has 0 radical (unpaired) electrons. The van der Waals surface area contributed by atoms with E-state index in [1.807, 2.05) is 74.5 Å². The number of amides is 1. The molecule has 0 bridgehead atoms. The molecule has 2 aromatic carbocycles. The average Bonchev–Trinajstić information content (AvgIpc) is 2.48. The number of hydrogen-bond acceptors (Lipinski definition) is 2. The first kappa shape index (κ1) is 16.0. The molecule has 0 aliphatic rings. The van der Waals surface area contributed by atoms with Crippen molar-refractivity contribution < 1.29 is 9.59 Å². The summed E-state index contributed by atoms with van der Waals surface area (Å²) in [4.78, 5) is 24.6. The molecule has 0 unspecified atom stereocenters. The Bertz CT molecular complexity index is 581. The number of hydrogen-bond donors (Lipinski definition) is 1. The number of nitrogens with one attached hydrogen (secondary N) is 1. The van der Waals surface area contributed by atoms with Gasteiger partial charge in [0.2, 0.25) is 5.91 Å². The molecule has 1 N–H and O–H groups in total. The van der Waals surface area contributed by atoms with Crippen molar-refractivity contribution in [2.24, 2.45) is 0 Å². The van der Waals surface area contributed by atoms with E-state index in [2.05, 4.69) is 5.32 Å². The van der Waals surface area contributed by atoms with Gasteiger partial charge in [-0.15, -0.1) is 0 Å². The Morgan fingerprint density at radius 3 is 1.73 bits per heavy atom. The van der Waals surface area contributed by atoms with E-state index in [-0.39, 0.29) is 24.2 Å². The molecule has 0 heterocycles. The summed E-state index contributed by atoms with van der Waals surface area (Å²) in [5.41, 5.74) is 1.83. The van der Waals surface area contributed by atoms with Gasteiger partial charge in [-0.05, 0) is 25.0 Å². The average molecular weight is 295 g/mol. The van der Waals surface area contributed by atoms with Gasteiger partial charge in [-0.25, -0.2) is 0 Å². The van der Waals surface area contributed by atoms with Gasteiger partial charge in [0.15, 0.2) is 5.78 Å². The highest BCUT2D eigenvalue weighted by atomic mass is 16.2. The Kier molecular flexibility index (Phi) is 5.48. The van der Waals surface area contributed by atoms with E-state index < -0.39 is 5.92 Å². The highest BCUT2D eigenvalue weighted by Gasteiger charge is 2.24. The summed E-state index contributed by atoms with van der Waals surface area (Å²) in [6.07, 6.45) is -0.105. The molecule has 2 rings (SSSR count). The Balaban J connectivity index is 2.26. The number of rotatable bonds is 6. The second-order valence-corrected chi connectivity index (χ2v) is 5.62. The van der Waals surface area contributed by atoms with Crippen molar-refractivity contribution in [3.05, 3.63) is 71.8 Å². The maximum Gasteiger partial charge on any atom is 0.227 e. The second kappa shape index (κ2) is 7.55. The van der Waals surface area contributed by atoms with Crippen molar-refractivity contribution in [2.75, 3.05) is 0 Å². The third-order valence-electron chi connectivity index (χ3n) is 3.37. The monoisotopic (exact) mass is 295 g/mol. The lowest BCUT2D eigenvalue weighted by atomic mass is 9.86. The van der Waals surface area contributed by atoms with Crippen LogP contribution in [0, 0.1) is 0 Å². The van der Waals surface area contributed by atoms with E-state index in [1.165, 1.54) is 0 Å². The highest BCUT2D eigenvalue weighted by molar-refractivity contribution is 6.02.